The second kappa shape index (κ2) is 7.24. The molecule has 3 aliphatic rings. The van der Waals surface area contributed by atoms with Gasteiger partial charge in [-0.2, -0.15) is 0 Å². The highest BCUT2D eigenvalue weighted by molar-refractivity contribution is 5.81. The van der Waals surface area contributed by atoms with Crippen molar-refractivity contribution in [3.63, 3.8) is 0 Å². The van der Waals surface area contributed by atoms with E-state index in [-0.39, 0.29) is 11.8 Å². The molecule has 1 aliphatic heterocycles. The standard InChI is InChI=1S/C24H37NO2/c1-16(2)11-17(3)12-18(4)20-7-9-24(10-8-20)15-25(19(24)5)22(26)21-13-23(6,27)14-21/h11-12,19-21,27H,4,7-10,13-15H2,1-3,5-6H3/b17-12-/t19-,20-,21-,23+,24+/m0/s1. The number of hydrogen-bond acceptors (Lipinski definition) is 2. The summed E-state index contributed by atoms with van der Waals surface area (Å²) >= 11 is 0. The van der Waals surface area contributed by atoms with E-state index in [4.69, 9.17) is 0 Å². The Bertz CT molecular complexity index is 664. The van der Waals surface area contributed by atoms with Gasteiger partial charge in [-0.15, -0.1) is 0 Å². The van der Waals surface area contributed by atoms with Crippen LogP contribution in [0.3, 0.4) is 0 Å². The second-order valence-corrected chi connectivity index (χ2v) is 10.1. The summed E-state index contributed by atoms with van der Waals surface area (Å²) in [5, 5.41) is 9.92. The molecule has 27 heavy (non-hydrogen) atoms. The van der Waals surface area contributed by atoms with Crippen LogP contribution in [0, 0.1) is 17.3 Å². The maximum absolute atomic E-state index is 12.7. The highest BCUT2D eigenvalue weighted by Crippen LogP contribution is 2.52. The van der Waals surface area contributed by atoms with Gasteiger partial charge in [0.2, 0.25) is 5.91 Å². The van der Waals surface area contributed by atoms with Crippen LogP contribution in [0.4, 0.5) is 0 Å². The Morgan fingerprint density at radius 2 is 1.70 bits per heavy atom. The number of aliphatic hydroxyl groups is 1. The van der Waals surface area contributed by atoms with Gasteiger partial charge < -0.3 is 10.0 Å². The number of carbonyl (C=O) groups excluding carboxylic acids is 1. The van der Waals surface area contributed by atoms with Gasteiger partial charge >= 0.3 is 0 Å². The molecule has 2 aliphatic carbocycles. The highest BCUT2D eigenvalue weighted by Gasteiger charge is 2.55. The minimum absolute atomic E-state index is 0.0408. The van der Waals surface area contributed by atoms with Crippen LogP contribution in [-0.4, -0.2) is 34.1 Å². The lowest BCUT2D eigenvalue weighted by molar-refractivity contribution is -0.174. The fraction of sp³-hybridized carbons (Fsp3) is 0.708. The predicted octanol–water partition coefficient (Wildman–Crippen LogP) is 5.02. The topological polar surface area (TPSA) is 40.5 Å². The summed E-state index contributed by atoms with van der Waals surface area (Å²) in [6.07, 6.45) is 10.5. The molecule has 3 fully saturated rings. The Hall–Kier alpha value is -1.35. The van der Waals surface area contributed by atoms with E-state index < -0.39 is 5.60 Å². The molecular formula is C24H37NO2. The molecule has 3 heteroatoms. The maximum atomic E-state index is 12.7. The molecular weight excluding hydrogens is 334 g/mol. The molecule has 0 bridgehead atoms. The van der Waals surface area contributed by atoms with Gasteiger partial charge in [0.1, 0.15) is 0 Å². The molecule has 1 saturated heterocycles. The van der Waals surface area contributed by atoms with Gasteiger partial charge in [-0.3, -0.25) is 4.79 Å². The van der Waals surface area contributed by atoms with Crippen LogP contribution in [0.25, 0.3) is 0 Å². The average Bonchev–Trinajstić information content (AvgIpc) is 2.56. The Morgan fingerprint density at radius 1 is 1.11 bits per heavy atom. The molecule has 1 amide bonds. The molecule has 1 atom stereocenters. The van der Waals surface area contributed by atoms with Crippen molar-refractivity contribution in [3.05, 3.63) is 35.5 Å². The summed E-state index contributed by atoms with van der Waals surface area (Å²) in [5.74, 6) is 0.889. The van der Waals surface area contributed by atoms with E-state index in [2.05, 4.69) is 51.3 Å². The fourth-order valence-electron chi connectivity index (χ4n) is 5.55. The first kappa shape index (κ1) is 20.4. The minimum Gasteiger partial charge on any atom is -0.390 e. The van der Waals surface area contributed by atoms with Crippen LogP contribution in [0.15, 0.2) is 35.5 Å². The van der Waals surface area contributed by atoms with E-state index in [1.165, 1.54) is 42.4 Å². The van der Waals surface area contributed by atoms with Crippen LogP contribution in [0.1, 0.15) is 73.1 Å². The monoisotopic (exact) mass is 371 g/mol. The Balaban J connectivity index is 1.52. The van der Waals surface area contributed by atoms with Gasteiger partial charge in [0, 0.05) is 23.9 Å². The number of likely N-dealkylation sites (tertiary alicyclic amines) is 1. The third-order valence-electron chi connectivity index (χ3n) is 7.28. The Kier molecular flexibility index (Phi) is 5.46. The largest absolute Gasteiger partial charge is 0.390 e. The first-order valence-electron chi connectivity index (χ1n) is 10.6. The lowest BCUT2D eigenvalue weighted by atomic mass is 9.59. The average molecular weight is 372 g/mol. The summed E-state index contributed by atoms with van der Waals surface area (Å²) in [4.78, 5) is 14.8. The van der Waals surface area contributed by atoms with Gasteiger partial charge in [0.15, 0.2) is 0 Å². The molecule has 1 spiro atoms. The number of allylic oxidation sites excluding steroid dienone is 5. The smallest absolute Gasteiger partial charge is 0.226 e. The van der Waals surface area contributed by atoms with Crippen LogP contribution >= 0.6 is 0 Å². The summed E-state index contributed by atoms with van der Waals surface area (Å²) in [6.45, 7) is 15.7. The molecule has 0 radical (unpaired) electrons. The van der Waals surface area contributed by atoms with Crippen molar-refractivity contribution < 1.29 is 9.90 Å². The van der Waals surface area contributed by atoms with Gasteiger partial charge in [-0.05, 0) is 79.1 Å². The molecule has 150 valence electrons. The van der Waals surface area contributed by atoms with Crippen LogP contribution in [0.2, 0.25) is 0 Å². The summed E-state index contributed by atoms with van der Waals surface area (Å²) in [6, 6.07) is 0.340. The van der Waals surface area contributed by atoms with Crippen molar-refractivity contribution in [2.24, 2.45) is 17.3 Å². The van der Waals surface area contributed by atoms with Crippen molar-refractivity contribution in [2.45, 2.75) is 84.8 Å². The number of hydrogen-bond donors (Lipinski definition) is 1. The maximum Gasteiger partial charge on any atom is 0.226 e. The first-order valence-corrected chi connectivity index (χ1v) is 10.6. The summed E-state index contributed by atoms with van der Waals surface area (Å²) in [5.41, 5.74) is 3.56. The molecule has 2 saturated carbocycles. The SMILES string of the molecule is C=C(/C=C(/C)C=C(C)C)[C@H]1CC[C@@]2(CC1)CN(C(=O)[C@H]1C[C@@](C)(O)C1)[C@H]2C. The van der Waals surface area contributed by atoms with E-state index in [0.29, 0.717) is 30.2 Å². The van der Waals surface area contributed by atoms with E-state index in [1.54, 1.807) is 0 Å². The third-order valence-corrected chi connectivity index (χ3v) is 7.28. The normalized spacial score (nSPS) is 38.8. The van der Waals surface area contributed by atoms with E-state index in [1.807, 2.05) is 6.92 Å². The fourth-order valence-corrected chi connectivity index (χ4v) is 5.55. The molecule has 0 aromatic heterocycles. The highest BCUT2D eigenvalue weighted by atomic mass is 16.3. The quantitative estimate of drug-likeness (QED) is 0.705. The summed E-state index contributed by atoms with van der Waals surface area (Å²) < 4.78 is 0. The predicted molar refractivity (Wildman–Crippen MR) is 111 cm³/mol. The Morgan fingerprint density at radius 3 is 2.19 bits per heavy atom. The van der Waals surface area contributed by atoms with Crippen molar-refractivity contribution in [1.29, 1.82) is 0 Å². The van der Waals surface area contributed by atoms with Crippen molar-refractivity contribution in [2.75, 3.05) is 6.54 Å². The zero-order valence-electron chi connectivity index (χ0n) is 17.8. The van der Waals surface area contributed by atoms with E-state index >= 15 is 0 Å². The zero-order valence-corrected chi connectivity index (χ0v) is 17.8. The molecule has 3 nitrogen and oxygen atoms in total. The number of carbonyl (C=O) groups is 1. The molecule has 0 aromatic carbocycles. The van der Waals surface area contributed by atoms with Gasteiger partial charge in [-0.25, -0.2) is 0 Å². The molecule has 0 unspecified atom stereocenters. The van der Waals surface area contributed by atoms with Gasteiger partial charge in [0.05, 0.1) is 5.60 Å². The minimum atomic E-state index is -0.623. The van der Waals surface area contributed by atoms with Crippen molar-refractivity contribution in [3.8, 4) is 0 Å². The van der Waals surface area contributed by atoms with Gasteiger partial charge in [-0.1, -0.05) is 35.5 Å². The first-order chi connectivity index (χ1) is 12.5. The number of rotatable bonds is 4. The van der Waals surface area contributed by atoms with Crippen LogP contribution in [0.5, 0.6) is 0 Å². The second-order valence-electron chi connectivity index (χ2n) is 10.1. The van der Waals surface area contributed by atoms with Crippen LogP contribution in [-0.2, 0) is 4.79 Å². The van der Waals surface area contributed by atoms with E-state index in [0.717, 1.165) is 6.54 Å². The molecule has 1 N–H and O–H groups in total. The third kappa shape index (κ3) is 4.08. The van der Waals surface area contributed by atoms with E-state index in [9.17, 15) is 9.90 Å². The van der Waals surface area contributed by atoms with Crippen molar-refractivity contribution >= 4 is 5.91 Å². The molecule has 1 heterocycles. The molecule has 0 aromatic rings. The molecule has 3 rings (SSSR count). The summed E-state index contributed by atoms with van der Waals surface area (Å²) in [7, 11) is 0. The van der Waals surface area contributed by atoms with Gasteiger partial charge in [0.25, 0.3) is 0 Å². The number of amides is 1. The Labute approximate surface area is 165 Å². The van der Waals surface area contributed by atoms with Crippen LogP contribution < -0.4 is 0 Å². The van der Waals surface area contributed by atoms with Crippen molar-refractivity contribution in [1.82, 2.24) is 4.90 Å². The number of nitrogens with zero attached hydrogens (tertiary/aromatic N) is 1. The lowest BCUT2D eigenvalue weighted by Crippen LogP contribution is -2.68. The zero-order chi connectivity index (χ0) is 20.0. The lowest BCUT2D eigenvalue weighted by Gasteiger charge is -2.60.